The molecule has 5 rings (SSSR count). The van der Waals surface area contributed by atoms with Gasteiger partial charge in [0.25, 0.3) is 17.0 Å². The third-order valence-electron chi connectivity index (χ3n) is 5.21. The molecule has 34 heavy (non-hydrogen) atoms. The second-order valence-electron chi connectivity index (χ2n) is 7.23. The summed E-state index contributed by atoms with van der Waals surface area (Å²) in [5.74, 6) is 2.09. The fourth-order valence-corrected chi connectivity index (χ4v) is 4.91. The minimum Gasteiger partial charge on any atom is -0.497 e. The number of benzene rings is 1. The first-order chi connectivity index (χ1) is 16.7. The Hall–Kier alpha value is -3.57. The number of furan rings is 1. The predicted molar refractivity (Wildman–Crippen MR) is 127 cm³/mol. The molecule has 0 N–H and O–H groups in total. The van der Waals surface area contributed by atoms with Gasteiger partial charge >= 0.3 is 0 Å². The van der Waals surface area contributed by atoms with Crippen molar-refractivity contribution >= 4 is 34.7 Å². The van der Waals surface area contributed by atoms with Crippen molar-refractivity contribution < 1.29 is 23.1 Å². The minimum absolute atomic E-state index is 0.0831. The number of ether oxygens (including phenoxy) is 2. The van der Waals surface area contributed by atoms with Crippen LogP contribution in [0.4, 0.5) is 0 Å². The van der Waals surface area contributed by atoms with E-state index < -0.39 is 0 Å². The number of hydrogen-bond donors (Lipinski definition) is 0. The molecule has 1 atom stereocenters. The van der Waals surface area contributed by atoms with Crippen LogP contribution in [-0.4, -0.2) is 46.8 Å². The molecule has 0 saturated heterocycles. The lowest BCUT2D eigenvalue weighted by molar-refractivity contribution is -0.130. The zero-order valence-corrected chi connectivity index (χ0v) is 20.0. The fourth-order valence-electron chi connectivity index (χ4n) is 3.58. The Bertz CT molecular complexity index is 1300. The number of thioether (sulfide) groups is 1. The molecule has 1 amide bonds. The molecule has 0 fully saturated rings. The molecule has 0 saturated carbocycles. The number of carbonyl (C=O) groups is 1. The van der Waals surface area contributed by atoms with Crippen LogP contribution >= 0.6 is 23.1 Å². The Labute approximate surface area is 203 Å². The van der Waals surface area contributed by atoms with Gasteiger partial charge in [-0.1, -0.05) is 17.8 Å². The summed E-state index contributed by atoms with van der Waals surface area (Å²) in [5, 5.41) is 16.5. The van der Waals surface area contributed by atoms with Crippen LogP contribution in [0.1, 0.15) is 23.1 Å². The third kappa shape index (κ3) is 4.44. The van der Waals surface area contributed by atoms with Crippen molar-refractivity contribution in [2.45, 2.75) is 17.7 Å². The number of aromatic nitrogens is 2. The van der Waals surface area contributed by atoms with Gasteiger partial charge < -0.3 is 18.3 Å². The average molecular weight is 497 g/mol. The zero-order valence-electron chi connectivity index (χ0n) is 18.3. The highest BCUT2D eigenvalue weighted by Gasteiger charge is 2.35. The zero-order chi connectivity index (χ0) is 23.5. The van der Waals surface area contributed by atoms with Crippen molar-refractivity contribution in [2.75, 3.05) is 20.0 Å². The van der Waals surface area contributed by atoms with Crippen molar-refractivity contribution in [3.05, 3.63) is 64.7 Å². The summed E-state index contributed by atoms with van der Waals surface area (Å²) in [6, 6.07) is 12.6. The van der Waals surface area contributed by atoms with Gasteiger partial charge in [-0.3, -0.25) is 4.79 Å². The number of hydrogen-bond acceptors (Lipinski definition) is 10. The Balaban J connectivity index is 1.30. The number of hydrazone groups is 1. The summed E-state index contributed by atoms with van der Waals surface area (Å²) >= 11 is 2.75. The Morgan fingerprint density at radius 3 is 2.85 bits per heavy atom. The van der Waals surface area contributed by atoms with E-state index in [1.807, 2.05) is 29.6 Å². The highest BCUT2D eigenvalue weighted by molar-refractivity contribution is 7.99. The van der Waals surface area contributed by atoms with Gasteiger partial charge in [-0.05, 0) is 35.7 Å². The third-order valence-corrected chi connectivity index (χ3v) is 6.93. The highest BCUT2D eigenvalue weighted by Crippen LogP contribution is 2.36. The quantitative estimate of drug-likeness (QED) is 0.318. The van der Waals surface area contributed by atoms with Crippen LogP contribution in [0.15, 0.2) is 73.3 Å². The van der Waals surface area contributed by atoms with E-state index in [9.17, 15) is 4.79 Å². The molecule has 9 nitrogen and oxygen atoms in total. The molecule has 0 unspecified atom stereocenters. The minimum atomic E-state index is -0.290. The first-order valence-corrected chi connectivity index (χ1v) is 12.2. The molecule has 174 valence electrons. The van der Waals surface area contributed by atoms with E-state index in [-0.39, 0.29) is 22.9 Å². The van der Waals surface area contributed by atoms with Gasteiger partial charge in [0.15, 0.2) is 0 Å². The van der Waals surface area contributed by atoms with E-state index in [1.54, 1.807) is 50.0 Å². The van der Waals surface area contributed by atoms with Crippen molar-refractivity contribution in [2.24, 2.45) is 5.10 Å². The summed E-state index contributed by atoms with van der Waals surface area (Å²) in [4.78, 5) is 14.2. The molecular weight excluding hydrogens is 476 g/mol. The molecule has 1 aromatic carbocycles. The van der Waals surface area contributed by atoms with E-state index >= 15 is 0 Å². The molecule has 3 aromatic heterocycles. The first kappa shape index (κ1) is 22.2. The molecule has 0 bridgehead atoms. The van der Waals surface area contributed by atoms with E-state index in [0.29, 0.717) is 35.1 Å². The summed E-state index contributed by atoms with van der Waals surface area (Å²) in [7, 11) is 3.14. The smallest absolute Gasteiger partial charge is 0.277 e. The Morgan fingerprint density at radius 1 is 1.21 bits per heavy atom. The number of rotatable bonds is 8. The van der Waals surface area contributed by atoms with Gasteiger partial charge in [-0.15, -0.1) is 21.5 Å². The van der Waals surface area contributed by atoms with Gasteiger partial charge in [0.1, 0.15) is 23.3 Å². The van der Waals surface area contributed by atoms with Crippen LogP contribution in [0.5, 0.6) is 11.5 Å². The van der Waals surface area contributed by atoms with Crippen molar-refractivity contribution in [1.82, 2.24) is 15.2 Å². The molecule has 4 aromatic rings. The molecule has 0 spiro atoms. The largest absolute Gasteiger partial charge is 0.497 e. The lowest BCUT2D eigenvalue weighted by atomic mass is 10.1. The van der Waals surface area contributed by atoms with Crippen LogP contribution in [0.25, 0.3) is 11.5 Å². The lowest BCUT2D eigenvalue weighted by Gasteiger charge is -2.19. The van der Waals surface area contributed by atoms with E-state index in [1.165, 1.54) is 5.01 Å². The predicted octanol–water partition coefficient (Wildman–Crippen LogP) is 4.88. The van der Waals surface area contributed by atoms with Crippen molar-refractivity contribution in [1.29, 1.82) is 0 Å². The van der Waals surface area contributed by atoms with Gasteiger partial charge in [-0.2, -0.15) is 5.10 Å². The Morgan fingerprint density at radius 2 is 2.12 bits per heavy atom. The summed E-state index contributed by atoms with van der Waals surface area (Å²) in [5.41, 5.74) is 1.50. The lowest BCUT2D eigenvalue weighted by Crippen LogP contribution is -2.28. The van der Waals surface area contributed by atoms with E-state index in [2.05, 4.69) is 15.3 Å². The molecule has 1 aliphatic rings. The van der Waals surface area contributed by atoms with Gasteiger partial charge in [0.05, 0.1) is 42.4 Å². The molecule has 11 heteroatoms. The SMILES string of the molecule is COc1ccc(-c2nnc(SCC(=O)N3N=C(c4cccs4)C[C@@H]3c3ccco3)o2)c(OC)c1. The number of nitrogens with zero attached hydrogens (tertiary/aromatic N) is 4. The van der Waals surface area contributed by atoms with E-state index in [0.717, 1.165) is 22.4 Å². The van der Waals surface area contributed by atoms with Crippen LogP contribution in [-0.2, 0) is 4.79 Å². The maximum Gasteiger partial charge on any atom is 0.277 e. The summed E-state index contributed by atoms with van der Waals surface area (Å²) < 4.78 is 22.0. The van der Waals surface area contributed by atoms with Crippen LogP contribution < -0.4 is 9.47 Å². The molecule has 0 aliphatic carbocycles. The maximum atomic E-state index is 13.1. The molecule has 0 radical (unpaired) electrons. The maximum absolute atomic E-state index is 13.1. The highest BCUT2D eigenvalue weighted by atomic mass is 32.2. The van der Waals surface area contributed by atoms with Crippen molar-refractivity contribution in [3.63, 3.8) is 0 Å². The van der Waals surface area contributed by atoms with Crippen LogP contribution in [0, 0.1) is 0 Å². The normalized spacial score (nSPS) is 15.4. The Kier molecular flexibility index (Phi) is 6.37. The molecule has 4 heterocycles. The van der Waals surface area contributed by atoms with Gasteiger partial charge in [0, 0.05) is 12.5 Å². The number of methoxy groups -OCH3 is 2. The molecular formula is C23H20N4O5S2. The second-order valence-corrected chi connectivity index (χ2v) is 9.10. The summed E-state index contributed by atoms with van der Waals surface area (Å²) in [6.45, 7) is 0. The van der Waals surface area contributed by atoms with Crippen LogP contribution in [0.3, 0.4) is 0 Å². The van der Waals surface area contributed by atoms with Crippen molar-refractivity contribution in [3.8, 4) is 23.0 Å². The number of thiophene rings is 1. The van der Waals surface area contributed by atoms with E-state index in [4.69, 9.17) is 18.3 Å². The molecule has 1 aliphatic heterocycles. The first-order valence-electron chi connectivity index (χ1n) is 10.3. The van der Waals surface area contributed by atoms with Gasteiger partial charge in [0.2, 0.25) is 0 Å². The number of amides is 1. The number of carbonyl (C=O) groups excluding carboxylic acids is 1. The fraction of sp³-hybridized carbons (Fsp3) is 0.217. The monoisotopic (exact) mass is 496 g/mol. The summed E-state index contributed by atoms with van der Waals surface area (Å²) in [6.07, 6.45) is 2.19. The van der Waals surface area contributed by atoms with Gasteiger partial charge in [-0.25, -0.2) is 5.01 Å². The average Bonchev–Trinajstić information content (AvgIpc) is 3.68. The second kappa shape index (κ2) is 9.74. The standard InChI is InChI=1S/C23H20N4O5S2/c1-29-14-7-8-15(19(11-14)30-2)22-24-25-23(32-22)34-13-21(28)27-17(18-5-3-9-31-18)12-16(26-27)20-6-4-10-33-20/h3-11,17H,12-13H2,1-2H3/t17-/m1/s1. The van der Waals surface area contributed by atoms with Crippen LogP contribution in [0.2, 0.25) is 0 Å². The topological polar surface area (TPSA) is 103 Å².